The first kappa shape index (κ1) is 22.3. The third-order valence-corrected chi connectivity index (χ3v) is 6.90. The summed E-state index contributed by atoms with van der Waals surface area (Å²) in [6, 6.07) is 6.91. The van der Waals surface area contributed by atoms with Gasteiger partial charge in [0, 0.05) is 19.5 Å². The van der Waals surface area contributed by atoms with Crippen LogP contribution in [-0.4, -0.2) is 59.6 Å². The van der Waals surface area contributed by atoms with E-state index >= 15 is 0 Å². The number of rotatable bonds is 7. The Morgan fingerprint density at radius 1 is 1.30 bits per heavy atom. The Hall–Kier alpha value is -2.34. The van der Waals surface area contributed by atoms with Gasteiger partial charge in [0.2, 0.25) is 10.0 Å². The maximum atomic E-state index is 12.4. The third kappa shape index (κ3) is 5.22. The van der Waals surface area contributed by atoms with Crippen LogP contribution in [0.5, 0.6) is 5.75 Å². The summed E-state index contributed by atoms with van der Waals surface area (Å²) in [6.45, 7) is 0.281. The summed E-state index contributed by atoms with van der Waals surface area (Å²) in [5.74, 6) is -0.258. The zero-order valence-electron chi connectivity index (χ0n) is 16.4. The standard InChI is InChI=1S/C18H23F3N4O4S/c1-29-15-7-3-2-6-14(15)25-16(22-23-17(25)26)11-13-5-4-9-24(12-13)30(27,28)10-8-18(19,20)21/h2-3,6-7,13H,4-5,8-12H2,1H3,(H,23,26)/t13-/m1/s1. The summed E-state index contributed by atoms with van der Waals surface area (Å²) in [5, 5.41) is 6.47. The molecule has 30 heavy (non-hydrogen) atoms. The molecule has 0 aliphatic carbocycles. The number of sulfonamides is 1. The van der Waals surface area contributed by atoms with Gasteiger partial charge in [-0.3, -0.25) is 0 Å². The average Bonchev–Trinajstić information content (AvgIpc) is 3.06. The van der Waals surface area contributed by atoms with Gasteiger partial charge >= 0.3 is 11.9 Å². The number of piperidine rings is 1. The number of hydrogen-bond donors (Lipinski definition) is 1. The van der Waals surface area contributed by atoms with E-state index in [0.717, 1.165) is 4.31 Å². The van der Waals surface area contributed by atoms with Crippen molar-refractivity contribution in [2.45, 2.75) is 31.9 Å². The lowest BCUT2D eigenvalue weighted by atomic mass is 9.96. The van der Waals surface area contributed by atoms with E-state index in [0.29, 0.717) is 36.5 Å². The molecule has 3 rings (SSSR count). The Labute approximate surface area is 171 Å². The Bertz CT molecular complexity index is 1030. The van der Waals surface area contributed by atoms with Crippen LogP contribution in [0.1, 0.15) is 25.1 Å². The van der Waals surface area contributed by atoms with Crippen LogP contribution in [0.2, 0.25) is 0 Å². The van der Waals surface area contributed by atoms with Crippen LogP contribution in [0, 0.1) is 5.92 Å². The van der Waals surface area contributed by atoms with Crippen LogP contribution in [0.3, 0.4) is 0 Å². The summed E-state index contributed by atoms with van der Waals surface area (Å²) in [4.78, 5) is 12.3. The number of halogens is 3. The molecule has 1 aromatic carbocycles. The number of nitrogens with one attached hydrogen (secondary N) is 1. The van der Waals surface area contributed by atoms with Gasteiger partial charge in [0.25, 0.3) is 0 Å². The van der Waals surface area contributed by atoms with Gasteiger partial charge in [-0.25, -0.2) is 27.2 Å². The lowest BCUT2D eigenvalue weighted by Crippen LogP contribution is -2.42. The van der Waals surface area contributed by atoms with Crippen LogP contribution < -0.4 is 10.4 Å². The second kappa shape index (κ2) is 8.80. The summed E-state index contributed by atoms with van der Waals surface area (Å²) >= 11 is 0. The topological polar surface area (TPSA) is 97.3 Å². The summed E-state index contributed by atoms with van der Waals surface area (Å²) in [6.07, 6.45) is -4.40. The van der Waals surface area contributed by atoms with Crippen molar-refractivity contribution in [3.63, 3.8) is 0 Å². The highest BCUT2D eigenvalue weighted by Crippen LogP contribution is 2.27. The van der Waals surface area contributed by atoms with Crippen LogP contribution in [0.15, 0.2) is 29.1 Å². The van der Waals surface area contributed by atoms with Crippen molar-refractivity contribution in [1.82, 2.24) is 19.1 Å². The van der Waals surface area contributed by atoms with E-state index in [1.54, 1.807) is 24.3 Å². The Balaban J connectivity index is 1.77. The van der Waals surface area contributed by atoms with E-state index < -0.39 is 34.1 Å². The number of para-hydroxylation sites is 2. The second-order valence-electron chi connectivity index (χ2n) is 7.20. The first-order valence-electron chi connectivity index (χ1n) is 9.45. The largest absolute Gasteiger partial charge is 0.495 e. The monoisotopic (exact) mass is 448 g/mol. The minimum atomic E-state index is -4.53. The molecule has 0 spiro atoms. The quantitative estimate of drug-likeness (QED) is 0.700. The van der Waals surface area contributed by atoms with Crippen molar-refractivity contribution in [2.24, 2.45) is 5.92 Å². The maximum absolute atomic E-state index is 12.4. The van der Waals surface area contributed by atoms with Crippen LogP contribution >= 0.6 is 0 Å². The number of alkyl halides is 3. The molecule has 0 unspecified atom stereocenters. The number of methoxy groups -OCH3 is 1. The molecule has 2 aromatic rings. The highest BCUT2D eigenvalue weighted by molar-refractivity contribution is 7.89. The summed E-state index contributed by atoms with van der Waals surface area (Å²) < 4.78 is 69.8. The molecule has 1 aromatic heterocycles. The highest BCUT2D eigenvalue weighted by atomic mass is 32.2. The predicted molar refractivity (Wildman–Crippen MR) is 103 cm³/mol. The van der Waals surface area contributed by atoms with Gasteiger partial charge in [-0.1, -0.05) is 12.1 Å². The van der Waals surface area contributed by atoms with Crippen molar-refractivity contribution in [1.29, 1.82) is 0 Å². The normalized spacial score (nSPS) is 18.5. The first-order chi connectivity index (χ1) is 14.1. The minimum absolute atomic E-state index is 0.0904. The van der Waals surface area contributed by atoms with Crippen molar-refractivity contribution >= 4 is 10.0 Å². The van der Waals surface area contributed by atoms with E-state index in [1.165, 1.54) is 11.7 Å². The number of H-pyrrole nitrogens is 1. The molecule has 0 radical (unpaired) electrons. The van der Waals surface area contributed by atoms with Gasteiger partial charge in [-0.15, -0.1) is 0 Å². The van der Waals surface area contributed by atoms with Crippen molar-refractivity contribution < 1.29 is 26.3 Å². The molecule has 0 saturated carbocycles. The minimum Gasteiger partial charge on any atom is -0.495 e. The van der Waals surface area contributed by atoms with Crippen LogP contribution in [0.4, 0.5) is 13.2 Å². The fraction of sp³-hybridized carbons (Fsp3) is 0.556. The zero-order chi connectivity index (χ0) is 21.9. The number of aromatic nitrogens is 3. The van der Waals surface area contributed by atoms with E-state index in [2.05, 4.69) is 10.2 Å². The molecule has 1 fully saturated rings. The molecular weight excluding hydrogens is 425 g/mol. The molecule has 1 N–H and O–H groups in total. The van der Waals surface area contributed by atoms with Gasteiger partial charge in [0.05, 0.1) is 25.0 Å². The van der Waals surface area contributed by atoms with Crippen LogP contribution in [0.25, 0.3) is 5.69 Å². The smallest absolute Gasteiger partial charge is 0.390 e. The van der Waals surface area contributed by atoms with E-state index in [-0.39, 0.29) is 19.0 Å². The third-order valence-electron chi connectivity index (χ3n) is 5.06. The van der Waals surface area contributed by atoms with E-state index in [9.17, 15) is 26.4 Å². The Kier molecular flexibility index (Phi) is 6.56. The number of aromatic amines is 1. The zero-order valence-corrected chi connectivity index (χ0v) is 17.2. The SMILES string of the molecule is COc1ccccc1-n1c(C[C@H]2CCCN(S(=O)(=O)CCC(F)(F)F)C2)n[nH]c1=O. The summed E-state index contributed by atoms with van der Waals surface area (Å²) in [7, 11) is -2.53. The molecule has 166 valence electrons. The molecule has 0 amide bonds. The lowest BCUT2D eigenvalue weighted by Gasteiger charge is -2.32. The molecule has 0 bridgehead atoms. The molecule has 1 saturated heterocycles. The van der Waals surface area contributed by atoms with Gasteiger partial charge < -0.3 is 4.74 Å². The Morgan fingerprint density at radius 3 is 2.73 bits per heavy atom. The van der Waals surface area contributed by atoms with Crippen molar-refractivity contribution in [3.8, 4) is 11.4 Å². The lowest BCUT2D eigenvalue weighted by molar-refractivity contribution is -0.130. The second-order valence-corrected chi connectivity index (χ2v) is 9.29. The first-order valence-corrected chi connectivity index (χ1v) is 11.1. The number of ether oxygens (including phenoxy) is 1. The highest BCUT2D eigenvalue weighted by Gasteiger charge is 2.35. The van der Waals surface area contributed by atoms with Gasteiger partial charge in [-0.2, -0.15) is 18.3 Å². The van der Waals surface area contributed by atoms with E-state index in [1.807, 2.05) is 0 Å². The van der Waals surface area contributed by atoms with Gasteiger partial charge in [-0.05, 0) is 30.9 Å². The van der Waals surface area contributed by atoms with Gasteiger partial charge in [0.1, 0.15) is 11.6 Å². The number of nitrogens with zero attached hydrogens (tertiary/aromatic N) is 3. The fourth-order valence-electron chi connectivity index (χ4n) is 3.61. The maximum Gasteiger partial charge on any atom is 0.390 e. The van der Waals surface area contributed by atoms with Gasteiger partial charge in [0.15, 0.2) is 0 Å². The Morgan fingerprint density at radius 2 is 2.03 bits per heavy atom. The molecule has 2 heterocycles. The number of benzene rings is 1. The molecule has 1 aliphatic rings. The predicted octanol–water partition coefficient (Wildman–Crippen LogP) is 2.11. The number of hydrogen-bond acceptors (Lipinski definition) is 5. The molecule has 8 nitrogen and oxygen atoms in total. The molecular formula is C18H23F3N4O4S. The molecule has 1 atom stereocenters. The van der Waals surface area contributed by atoms with E-state index in [4.69, 9.17) is 4.74 Å². The van der Waals surface area contributed by atoms with Crippen molar-refractivity contribution in [3.05, 3.63) is 40.6 Å². The fourth-order valence-corrected chi connectivity index (χ4v) is 5.20. The molecule has 12 heteroatoms. The summed E-state index contributed by atoms with van der Waals surface area (Å²) in [5.41, 5.74) is 0.0409. The molecule has 1 aliphatic heterocycles. The van der Waals surface area contributed by atoms with Crippen LogP contribution in [-0.2, 0) is 16.4 Å². The van der Waals surface area contributed by atoms with Crippen molar-refractivity contribution in [2.75, 3.05) is 26.0 Å². The average molecular weight is 448 g/mol.